The van der Waals surface area contributed by atoms with Crippen molar-refractivity contribution in [2.24, 2.45) is 5.92 Å². The minimum atomic E-state index is -2.05. The first kappa shape index (κ1) is 65.9. The van der Waals surface area contributed by atoms with Gasteiger partial charge in [-0.05, 0) is 72.8 Å². The van der Waals surface area contributed by atoms with Gasteiger partial charge in [-0.25, -0.2) is 9.59 Å². The fourth-order valence-electron chi connectivity index (χ4n) is 7.41. The maximum Gasteiger partial charge on any atom is 0.330 e. The number of benzene rings is 2. The third-order valence-electron chi connectivity index (χ3n) is 12.8. The Morgan fingerprint density at radius 1 is 0.824 bits per heavy atom. The molecule has 2 aromatic rings. The quantitative estimate of drug-likeness (QED) is 0.0174. The minimum absolute atomic E-state index is 0.0178. The first-order chi connectivity index (χ1) is 34.8. The van der Waals surface area contributed by atoms with E-state index in [2.05, 4.69) is 60.1 Å². The molecule has 1 aliphatic rings. The molecule has 0 radical (unpaired) electrons. The van der Waals surface area contributed by atoms with Crippen molar-refractivity contribution in [3.63, 3.8) is 0 Å². The van der Waals surface area contributed by atoms with Gasteiger partial charge in [0.2, 0.25) is 5.79 Å². The van der Waals surface area contributed by atoms with Crippen LogP contribution in [0.3, 0.4) is 0 Å². The topological polar surface area (TPSA) is 179 Å². The predicted octanol–water partition coefficient (Wildman–Crippen LogP) is 10.5. The number of hydrogen-bond donors (Lipinski definition) is 0. The Labute approximate surface area is 444 Å². The van der Waals surface area contributed by atoms with E-state index in [0.29, 0.717) is 70.9 Å². The number of hydrogen-bond acceptors (Lipinski definition) is 16. The van der Waals surface area contributed by atoms with E-state index in [9.17, 15) is 19.2 Å². The summed E-state index contributed by atoms with van der Waals surface area (Å²) < 4.78 is 69.0. The first-order valence-electron chi connectivity index (χ1n) is 25.7. The van der Waals surface area contributed by atoms with E-state index in [4.69, 9.17) is 56.5 Å². The molecule has 0 bridgehead atoms. The number of ether oxygens (including phenoxy) is 11. The average molecular weight is 1080 g/mol. The summed E-state index contributed by atoms with van der Waals surface area (Å²) in [6.45, 7) is 30.7. The van der Waals surface area contributed by atoms with Gasteiger partial charge in [-0.15, -0.1) is 0 Å². The van der Waals surface area contributed by atoms with Gasteiger partial charge >= 0.3 is 23.9 Å². The number of carbonyl (C=O) groups excluding carboxylic acids is 4. The highest BCUT2D eigenvalue weighted by molar-refractivity contribution is 6.76. The molecular weight excluding hydrogens is 985 g/mol. The highest BCUT2D eigenvalue weighted by atomic mass is 28.4. The van der Waals surface area contributed by atoms with Crippen molar-refractivity contribution in [3.8, 4) is 5.75 Å². The van der Waals surface area contributed by atoms with Gasteiger partial charge in [0.05, 0.1) is 64.9 Å². The fraction of sp³-hybridized carbons (Fsp3) is 0.643. The third-order valence-corrected chi connectivity index (χ3v) is 19.1. The Balaban J connectivity index is 0.000000528. The van der Waals surface area contributed by atoms with Crippen molar-refractivity contribution in [1.82, 2.24) is 0 Å². The molecule has 6 atom stereocenters. The van der Waals surface area contributed by atoms with Crippen LogP contribution in [0.2, 0.25) is 43.8 Å². The molecule has 16 nitrogen and oxygen atoms in total. The first-order valence-corrected chi connectivity index (χ1v) is 32.3. The molecule has 74 heavy (non-hydrogen) atoms. The number of methoxy groups -OCH3 is 3. The van der Waals surface area contributed by atoms with Crippen molar-refractivity contribution in [1.29, 1.82) is 0 Å². The van der Waals surface area contributed by atoms with Crippen molar-refractivity contribution < 1.29 is 75.7 Å². The minimum Gasteiger partial charge on any atom is -0.497 e. The highest BCUT2D eigenvalue weighted by Crippen LogP contribution is 2.43. The van der Waals surface area contributed by atoms with Gasteiger partial charge < -0.3 is 56.5 Å². The second-order valence-electron chi connectivity index (χ2n) is 21.4. The van der Waals surface area contributed by atoms with Crippen LogP contribution in [0.15, 0.2) is 78.9 Å². The summed E-state index contributed by atoms with van der Waals surface area (Å²) in [4.78, 5) is 47.9. The molecule has 0 aromatic heterocycles. The van der Waals surface area contributed by atoms with E-state index >= 15 is 0 Å². The number of carbonyl (C=O) groups is 4. The lowest BCUT2D eigenvalue weighted by Crippen LogP contribution is -2.59. The van der Waals surface area contributed by atoms with E-state index in [1.165, 1.54) is 27.2 Å². The summed E-state index contributed by atoms with van der Waals surface area (Å²) in [5.74, 6) is -2.62. The van der Waals surface area contributed by atoms with Crippen molar-refractivity contribution in [2.75, 3.05) is 54.5 Å². The summed E-state index contributed by atoms with van der Waals surface area (Å²) in [7, 11) is 1.23. The molecule has 0 aliphatic carbocycles. The Bertz CT molecular complexity index is 2000. The Kier molecular flexibility index (Phi) is 29.4. The van der Waals surface area contributed by atoms with Crippen LogP contribution in [0, 0.1) is 5.92 Å². The van der Waals surface area contributed by atoms with Gasteiger partial charge in [-0.2, -0.15) is 0 Å². The zero-order chi connectivity index (χ0) is 55.5. The second-order valence-corrected chi connectivity index (χ2v) is 31.8. The molecular formula is C56H90O16Si2. The van der Waals surface area contributed by atoms with Crippen molar-refractivity contribution in [2.45, 2.75) is 174 Å². The zero-order valence-corrected chi connectivity index (χ0v) is 49.2. The second kappa shape index (κ2) is 33.0. The molecule has 1 heterocycles. The molecule has 1 saturated heterocycles. The van der Waals surface area contributed by atoms with Crippen LogP contribution < -0.4 is 4.74 Å². The van der Waals surface area contributed by atoms with Crippen LogP contribution in [-0.4, -0.2) is 131 Å². The van der Waals surface area contributed by atoms with Gasteiger partial charge in [0.1, 0.15) is 5.75 Å². The lowest BCUT2D eigenvalue weighted by atomic mass is 9.83. The maximum absolute atomic E-state index is 12.4. The van der Waals surface area contributed by atoms with E-state index in [1.807, 2.05) is 75.4 Å². The largest absolute Gasteiger partial charge is 0.497 e. The van der Waals surface area contributed by atoms with Crippen molar-refractivity contribution in [3.05, 3.63) is 90.0 Å². The number of esters is 4. The van der Waals surface area contributed by atoms with E-state index < -0.39 is 52.3 Å². The number of rotatable bonds is 31. The van der Waals surface area contributed by atoms with Gasteiger partial charge in [0, 0.05) is 72.8 Å². The van der Waals surface area contributed by atoms with Gasteiger partial charge in [-0.3, -0.25) is 9.59 Å². The standard InChI is InChI=1S/C33H44O9.C23H46O7Si2/c1-22(2)33(38-7)32(41-24(4)34)27(18-31(35)37-6)17-29(42-33)19-30(23(3)39-20-25-11-9-8-10-12-25)40-21-26-13-15-28(36-5)16-14-26;1-10-21(24)28-14-11-13-26-15-12-20(30-32(8,9)23(2,3)4)18-22(25)29-19-27-16-17-31(5,6)7/h8-16,18,22-23,29-30,32H,17,19-21H2,1-7H3;10,20H,1,11-19H2,2-9H3/b27-18+;/t23-,29+,30?,32+,33+;20-/m11/s1. The molecule has 0 spiro atoms. The van der Waals surface area contributed by atoms with Gasteiger partial charge in [0.15, 0.2) is 21.2 Å². The summed E-state index contributed by atoms with van der Waals surface area (Å²) in [6, 6.07) is 18.7. The summed E-state index contributed by atoms with van der Waals surface area (Å²) >= 11 is 0. The van der Waals surface area contributed by atoms with Crippen LogP contribution >= 0.6 is 0 Å². The SMILES string of the molecule is C=CC(=O)OCCCOCC[C@H](CC(=O)OCOCC[Si](C)(C)C)O[Si](C)(C)C(C)(C)C.COC(=O)/C=C1\C[C@@H](CC(OCc2ccc(OC)cc2)[C@@H](C)OCc2ccccc2)O[C@@](OC)(C(C)C)[C@H]1OC(C)=O. The lowest BCUT2D eigenvalue weighted by Gasteiger charge is -2.49. The van der Waals surface area contributed by atoms with E-state index in [-0.39, 0.29) is 48.5 Å². The molecule has 1 aliphatic heterocycles. The molecule has 18 heteroatoms. The zero-order valence-electron chi connectivity index (χ0n) is 47.2. The van der Waals surface area contributed by atoms with Gasteiger partial charge in [0.25, 0.3) is 0 Å². The maximum atomic E-state index is 12.4. The highest BCUT2D eigenvalue weighted by Gasteiger charge is 2.53. The molecule has 1 fully saturated rings. The molecule has 0 saturated carbocycles. The van der Waals surface area contributed by atoms with Crippen LogP contribution in [-0.2, 0) is 84.2 Å². The fourth-order valence-corrected chi connectivity index (χ4v) is 9.55. The van der Waals surface area contributed by atoms with E-state index in [0.717, 1.165) is 29.0 Å². The smallest absolute Gasteiger partial charge is 0.330 e. The Morgan fingerprint density at radius 3 is 2.04 bits per heavy atom. The molecule has 3 rings (SSSR count). The molecule has 2 aromatic carbocycles. The molecule has 1 unspecified atom stereocenters. The lowest BCUT2D eigenvalue weighted by molar-refractivity contribution is -0.322. The van der Waals surface area contributed by atoms with E-state index in [1.54, 1.807) is 7.11 Å². The molecule has 0 N–H and O–H groups in total. The van der Waals surface area contributed by atoms with Crippen LogP contribution in [0.1, 0.15) is 91.7 Å². The third kappa shape index (κ3) is 24.6. The van der Waals surface area contributed by atoms with Crippen LogP contribution in [0.5, 0.6) is 5.75 Å². The van der Waals surface area contributed by atoms with Gasteiger partial charge in [-0.1, -0.05) is 103 Å². The summed E-state index contributed by atoms with van der Waals surface area (Å²) in [5, 5.41) is 0.0327. The van der Waals surface area contributed by atoms with Crippen LogP contribution in [0.4, 0.5) is 0 Å². The Hall–Kier alpha value is -4.25. The molecule has 418 valence electrons. The monoisotopic (exact) mass is 1070 g/mol. The summed E-state index contributed by atoms with van der Waals surface area (Å²) in [5.41, 5.74) is 2.59. The predicted molar refractivity (Wildman–Crippen MR) is 290 cm³/mol. The summed E-state index contributed by atoms with van der Waals surface area (Å²) in [6.07, 6.45) is 2.26. The van der Waals surface area contributed by atoms with Crippen molar-refractivity contribution >= 4 is 40.3 Å². The molecule has 0 amide bonds. The van der Waals surface area contributed by atoms with Crippen LogP contribution in [0.25, 0.3) is 0 Å². The normalized spacial score (nSPS) is 18.8. The average Bonchev–Trinajstić information content (AvgIpc) is 3.34. The Morgan fingerprint density at radius 2 is 1.47 bits per heavy atom.